The zero-order valence-electron chi connectivity index (χ0n) is 12.0. The van der Waals surface area contributed by atoms with Crippen LogP contribution in [-0.4, -0.2) is 38.6 Å². The molecule has 0 aromatic rings. The maximum Gasteiger partial charge on any atom is 0.0805 e. The van der Waals surface area contributed by atoms with Crippen molar-refractivity contribution >= 4 is 0 Å². The van der Waals surface area contributed by atoms with Crippen LogP contribution in [0.2, 0.25) is 0 Å². The van der Waals surface area contributed by atoms with Crippen LogP contribution >= 0.6 is 0 Å². The van der Waals surface area contributed by atoms with Gasteiger partial charge in [-0.3, -0.25) is 0 Å². The van der Waals surface area contributed by atoms with Gasteiger partial charge in [-0.2, -0.15) is 0 Å². The van der Waals surface area contributed by atoms with E-state index in [0.29, 0.717) is 13.2 Å². The van der Waals surface area contributed by atoms with Gasteiger partial charge in [0.05, 0.1) is 25.4 Å². The summed E-state index contributed by atoms with van der Waals surface area (Å²) in [4.78, 5) is 0. The Hall–Kier alpha value is -0.120. The molecule has 0 N–H and O–H groups in total. The van der Waals surface area contributed by atoms with Gasteiger partial charge in [0.2, 0.25) is 0 Å². The van der Waals surface area contributed by atoms with Gasteiger partial charge in [0, 0.05) is 13.2 Å². The first-order chi connectivity index (χ1) is 8.28. The fourth-order valence-corrected chi connectivity index (χ4v) is 1.47. The van der Waals surface area contributed by atoms with Crippen LogP contribution in [0.25, 0.3) is 0 Å². The highest BCUT2D eigenvalue weighted by Gasteiger charge is 2.10. The molecule has 0 aliphatic rings. The molecule has 0 aliphatic heterocycles. The Morgan fingerprint density at radius 3 is 1.41 bits per heavy atom. The van der Waals surface area contributed by atoms with Crippen molar-refractivity contribution < 1.29 is 14.2 Å². The van der Waals surface area contributed by atoms with E-state index in [2.05, 4.69) is 27.7 Å². The highest BCUT2D eigenvalue weighted by atomic mass is 16.6. The van der Waals surface area contributed by atoms with Gasteiger partial charge < -0.3 is 14.2 Å². The summed E-state index contributed by atoms with van der Waals surface area (Å²) in [5, 5.41) is 0. The van der Waals surface area contributed by atoms with Crippen molar-refractivity contribution in [3.05, 3.63) is 0 Å². The quantitative estimate of drug-likeness (QED) is 0.528. The maximum atomic E-state index is 5.68. The van der Waals surface area contributed by atoms with Crippen LogP contribution in [0.15, 0.2) is 0 Å². The molecule has 2 atom stereocenters. The smallest absolute Gasteiger partial charge is 0.0805 e. The second kappa shape index (κ2) is 12.3. The van der Waals surface area contributed by atoms with Crippen LogP contribution in [0.1, 0.15) is 53.4 Å². The Balaban J connectivity index is 3.61. The van der Waals surface area contributed by atoms with Gasteiger partial charge in [-0.25, -0.2) is 0 Å². The van der Waals surface area contributed by atoms with Crippen molar-refractivity contribution in [3.8, 4) is 0 Å². The first-order valence-electron chi connectivity index (χ1n) is 7.09. The van der Waals surface area contributed by atoms with E-state index in [9.17, 15) is 0 Å². The monoisotopic (exact) mass is 246 g/mol. The van der Waals surface area contributed by atoms with Crippen molar-refractivity contribution in [2.75, 3.05) is 26.4 Å². The number of hydrogen-bond donors (Lipinski definition) is 0. The van der Waals surface area contributed by atoms with Gasteiger partial charge in [0.1, 0.15) is 0 Å². The minimum atomic E-state index is 0.235. The molecule has 0 aliphatic carbocycles. The topological polar surface area (TPSA) is 27.7 Å². The van der Waals surface area contributed by atoms with Gasteiger partial charge in [0.15, 0.2) is 0 Å². The Bertz CT molecular complexity index is 134. The standard InChI is InChI=1S/C14H30O3/c1-5-9-16-13(7-3)11-15-12-14(8-4)17-10-6-2/h13-14H,5-12H2,1-4H3. The Morgan fingerprint density at radius 2 is 1.12 bits per heavy atom. The summed E-state index contributed by atoms with van der Waals surface area (Å²) >= 11 is 0. The van der Waals surface area contributed by atoms with Gasteiger partial charge >= 0.3 is 0 Å². The van der Waals surface area contributed by atoms with Crippen LogP contribution in [0.3, 0.4) is 0 Å². The van der Waals surface area contributed by atoms with E-state index >= 15 is 0 Å². The molecule has 0 aromatic heterocycles. The zero-order chi connectivity index (χ0) is 12.9. The fraction of sp³-hybridized carbons (Fsp3) is 1.00. The van der Waals surface area contributed by atoms with E-state index in [4.69, 9.17) is 14.2 Å². The summed E-state index contributed by atoms with van der Waals surface area (Å²) in [7, 11) is 0. The third-order valence-electron chi connectivity index (χ3n) is 2.63. The lowest BCUT2D eigenvalue weighted by atomic mass is 10.3. The molecule has 3 heteroatoms. The molecule has 104 valence electrons. The zero-order valence-corrected chi connectivity index (χ0v) is 12.0. The molecule has 0 heterocycles. The summed E-state index contributed by atoms with van der Waals surface area (Å²) < 4.78 is 17.0. The lowest BCUT2D eigenvalue weighted by Gasteiger charge is -2.19. The largest absolute Gasteiger partial charge is 0.376 e. The number of hydrogen-bond acceptors (Lipinski definition) is 3. The van der Waals surface area contributed by atoms with Crippen molar-refractivity contribution in [1.82, 2.24) is 0 Å². The van der Waals surface area contributed by atoms with E-state index in [0.717, 1.165) is 38.9 Å². The summed E-state index contributed by atoms with van der Waals surface area (Å²) in [6.07, 6.45) is 4.61. The van der Waals surface area contributed by atoms with Gasteiger partial charge in [-0.05, 0) is 25.7 Å². The molecule has 0 amide bonds. The summed E-state index contributed by atoms with van der Waals surface area (Å²) in [6.45, 7) is 11.5. The van der Waals surface area contributed by atoms with Crippen LogP contribution in [0, 0.1) is 0 Å². The SMILES string of the molecule is CCCOC(CC)COCC(CC)OCCC. The maximum absolute atomic E-state index is 5.68. The molecule has 0 saturated carbocycles. The van der Waals surface area contributed by atoms with Crippen LogP contribution in [-0.2, 0) is 14.2 Å². The molecule has 0 saturated heterocycles. The predicted octanol–water partition coefficient (Wildman–Crippen LogP) is 3.41. The molecular weight excluding hydrogens is 216 g/mol. The van der Waals surface area contributed by atoms with Crippen LogP contribution in [0.5, 0.6) is 0 Å². The average molecular weight is 246 g/mol. The predicted molar refractivity (Wildman–Crippen MR) is 71.5 cm³/mol. The first-order valence-corrected chi connectivity index (χ1v) is 7.09. The molecule has 0 spiro atoms. The van der Waals surface area contributed by atoms with Crippen molar-refractivity contribution in [1.29, 1.82) is 0 Å². The fourth-order valence-electron chi connectivity index (χ4n) is 1.47. The average Bonchev–Trinajstić information content (AvgIpc) is 2.37. The molecule has 3 nitrogen and oxygen atoms in total. The van der Waals surface area contributed by atoms with E-state index in [1.807, 2.05) is 0 Å². The number of ether oxygens (including phenoxy) is 3. The Kier molecular flexibility index (Phi) is 12.3. The van der Waals surface area contributed by atoms with Gasteiger partial charge in [-0.15, -0.1) is 0 Å². The van der Waals surface area contributed by atoms with Crippen molar-refractivity contribution in [3.63, 3.8) is 0 Å². The normalized spacial score (nSPS) is 14.8. The molecule has 0 bridgehead atoms. The molecule has 0 rings (SSSR count). The van der Waals surface area contributed by atoms with Crippen LogP contribution < -0.4 is 0 Å². The minimum absolute atomic E-state index is 0.235. The summed E-state index contributed by atoms with van der Waals surface area (Å²) in [5.41, 5.74) is 0. The Labute approximate surface area is 107 Å². The molecule has 17 heavy (non-hydrogen) atoms. The summed E-state index contributed by atoms with van der Waals surface area (Å²) in [5.74, 6) is 0. The Morgan fingerprint density at radius 1 is 0.706 bits per heavy atom. The third kappa shape index (κ3) is 9.57. The molecule has 0 fully saturated rings. The lowest BCUT2D eigenvalue weighted by Crippen LogP contribution is -2.25. The van der Waals surface area contributed by atoms with Crippen molar-refractivity contribution in [2.24, 2.45) is 0 Å². The van der Waals surface area contributed by atoms with Crippen molar-refractivity contribution in [2.45, 2.75) is 65.6 Å². The number of rotatable bonds is 12. The second-order valence-electron chi connectivity index (χ2n) is 4.34. The highest BCUT2D eigenvalue weighted by molar-refractivity contribution is 4.57. The van der Waals surface area contributed by atoms with Gasteiger partial charge in [-0.1, -0.05) is 27.7 Å². The molecular formula is C14H30O3. The molecule has 0 aromatic carbocycles. The van der Waals surface area contributed by atoms with E-state index in [1.54, 1.807) is 0 Å². The minimum Gasteiger partial charge on any atom is -0.376 e. The lowest BCUT2D eigenvalue weighted by molar-refractivity contribution is -0.0584. The van der Waals surface area contributed by atoms with E-state index in [1.165, 1.54) is 0 Å². The summed E-state index contributed by atoms with van der Waals surface area (Å²) in [6, 6.07) is 0. The van der Waals surface area contributed by atoms with Crippen LogP contribution in [0.4, 0.5) is 0 Å². The second-order valence-corrected chi connectivity index (χ2v) is 4.34. The van der Waals surface area contributed by atoms with E-state index < -0.39 is 0 Å². The van der Waals surface area contributed by atoms with Gasteiger partial charge in [0.25, 0.3) is 0 Å². The molecule has 0 radical (unpaired) electrons. The van der Waals surface area contributed by atoms with E-state index in [-0.39, 0.29) is 12.2 Å². The third-order valence-corrected chi connectivity index (χ3v) is 2.63. The highest BCUT2D eigenvalue weighted by Crippen LogP contribution is 2.04. The first kappa shape index (κ1) is 16.9. The molecule has 2 unspecified atom stereocenters.